The second kappa shape index (κ2) is 35.1. The maximum Gasteiger partial charge on any atom is 0.128 e. The van der Waals surface area contributed by atoms with Gasteiger partial charge < -0.3 is 9.47 Å². The van der Waals surface area contributed by atoms with E-state index in [0.29, 0.717) is 6.61 Å². The third-order valence-electron chi connectivity index (χ3n) is 9.72. The van der Waals surface area contributed by atoms with Crippen LogP contribution in [0, 0.1) is 0 Å². The molecule has 46 heavy (non-hydrogen) atoms. The molecule has 269 valence electrons. The van der Waals surface area contributed by atoms with E-state index in [4.69, 9.17) is 9.47 Å². The molecule has 3 heteroatoms. The highest BCUT2D eigenvalue weighted by Crippen LogP contribution is 2.26. The van der Waals surface area contributed by atoms with Crippen molar-refractivity contribution in [1.82, 2.24) is 0 Å². The number of hydrogen-bond acceptors (Lipinski definition) is 2. The monoisotopic (exact) mass is 644 g/mol. The molecule has 0 bridgehead atoms. The number of benzene rings is 1. The molecular weight excluding hydrogens is 564 g/mol. The Morgan fingerprint density at radius 2 is 0.696 bits per heavy atom. The van der Waals surface area contributed by atoms with Gasteiger partial charge >= 0.3 is 0 Å². The maximum absolute atomic E-state index is 11.7. The Bertz CT molecular complexity index is 733. The number of rotatable bonds is 37. The van der Waals surface area contributed by atoms with Crippen molar-refractivity contribution in [2.75, 3.05) is 13.2 Å². The zero-order chi connectivity index (χ0) is 33.0. The summed E-state index contributed by atoms with van der Waals surface area (Å²) in [7, 11) is 0. The van der Waals surface area contributed by atoms with Gasteiger partial charge in [0.25, 0.3) is 0 Å². The predicted octanol–water partition coefficient (Wildman–Crippen LogP) is 14.9. The lowest BCUT2D eigenvalue weighted by atomic mass is 10.0. The van der Waals surface area contributed by atoms with Crippen molar-refractivity contribution >= 4 is 0 Å². The van der Waals surface area contributed by atoms with E-state index in [1.54, 1.807) is 0 Å². The van der Waals surface area contributed by atoms with Crippen LogP contribution in [0.4, 0.5) is 0 Å². The van der Waals surface area contributed by atoms with Gasteiger partial charge in [-0.25, -0.2) is 5.11 Å². The summed E-state index contributed by atoms with van der Waals surface area (Å²) in [5.41, 5.74) is 0.742. The minimum atomic E-state index is -0.242. The van der Waals surface area contributed by atoms with E-state index < -0.39 is 0 Å². The molecule has 3 nitrogen and oxygen atoms in total. The smallest absolute Gasteiger partial charge is 0.128 e. The van der Waals surface area contributed by atoms with Crippen molar-refractivity contribution < 1.29 is 14.6 Å². The Kier molecular flexibility index (Phi) is 32.7. The van der Waals surface area contributed by atoms with Crippen LogP contribution in [-0.2, 0) is 11.7 Å². The van der Waals surface area contributed by atoms with Crippen molar-refractivity contribution in [2.45, 2.75) is 226 Å². The highest BCUT2D eigenvalue weighted by Gasteiger charge is 2.07. The molecule has 0 aliphatic rings. The minimum Gasteiger partial charge on any atom is -0.493 e. The summed E-state index contributed by atoms with van der Waals surface area (Å²) in [4.78, 5) is 0. The largest absolute Gasteiger partial charge is 0.493 e. The first-order valence-corrected chi connectivity index (χ1v) is 20.8. The van der Waals surface area contributed by atoms with E-state index in [1.807, 2.05) is 18.2 Å². The summed E-state index contributed by atoms with van der Waals surface area (Å²) in [6.45, 7) is 5.77. The molecule has 0 saturated heterocycles. The lowest BCUT2D eigenvalue weighted by Crippen LogP contribution is -2.02. The lowest BCUT2D eigenvalue weighted by Gasteiger charge is -2.13. The van der Waals surface area contributed by atoms with Crippen LogP contribution in [0.2, 0.25) is 0 Å². The first-order chi connectivity index (χ1) is 22.8. The second-order valence-corrected chi connectivity index (χ2v) is 14.2. The average Bonchev–Trinajstić information content (AvgIpc) is 3.07. The molecule has 0 atom stereocenters. The molecule has 0 aliphatic carbocycles. The highest BCUT2D eigenvalue weighted by molar-refractivity contribution is 5.40. The van der Waals surface area contributed by atoms with Crippen molar-refractivity contribution in [2.24, 2.45) is 0 Å². The summed E-state index contributed by atoms with van der Waals surface area (Å²) in [5, 5.41) is 11.7. The van der Waals surface area contributed by atoms with Crippen LogP contribution in [0.5, 0.6) is 11.5 Å². The normalized spacial score (nSPS) is 11.4. The van der Waals surface area contributed by atoms with Gasteiger partial charge in [-0.2, -0.15) is 0 Å². The van der Waals surface area contributed by atoms with Gasteiger partial charge in [-0.15, -0.1) is 0 Å². The van der Waals surface area contributed by atoms with Crippen LogP contribution in [0.1, 0.15) is 225 Å². The molecule has 0 aliphatic heterocycles. The Morgan fingerprint density at radius 1 is 0.391 bits per heavy atom. The molecule has 0 fully saturated rings. The summed E-state index contributed by atoms with van der Waals surface area (Å²) in [6.07, 6.45) is 44.0. The molecule has 0 N–H and O–H groups in total. The van der Waals surface area contributed by atoms with Gasteiger partial charge in [0.05, 0.1) is 13.2 Å². The van der Waals surface area contributed by atoms with Gasteiger partial charge in [0.2, 0.25) is 0 Å². The molecule has 0 spiro atoms. The van der Waals surface area contributed by atoms with E-state index in [2.05, 4.69) is 13.8 Å². The van der Waals surface area contributed by atoms with Gasteiger partial charge in [0.15, 0.2) is 0 Å². The molecule has 0 aromatic heterocycles. The van der Waals surface area contributed by atoms with Crippen LogP contribution in [0.15, 0.2) is 18.2 Å². The van der Waals surface area contributed by atoms with Crippen LogP contribution < -0.4 is 9.47 Å². The third-order valence-corrected chi connectivity index (χ3v) is 9.72. The van der Waals surface area contributed by atoms with Crippen LogP contribution in [-0.4, -0.2) is 13.2 Å². The molecular formula is C43H79O3. The lowest BCUT2D eigenvalue weighted by molar-refractivity contribution is 0.171. The molecule has 1 radical (unpaired) electrons. The minimum absolute atomic E-state index is 0.242. The van der Waals surface area contributed by atoms with E-state index in [0.717, 1.165) is 36.5 Å². The number of unbranched alkanes of at least 4 members (excludes halogenated alkanes) is 30. The van der Waals surface area contributed by atoms with E-state index in [1.165, 1.54) is 193 Å². The molecule has 1 rings (SSSR count). The van der Waals surface area contributed by atoms with Crippen LogP contribution in [0.3, 0.4) is 0 Å². The molecule has 0 saturated carbocycles. The fourth-order valence-corrected chi connectivity index (χ4v) is 6.55. The van der Waals surface area contributed by atoms with E-state index >= 15 is 0 Å². The Balaban J connectivity index is 1.95. The van der Waals surface area contributed by atoms with Gasteiger partial charge in [-0.05, 0) is 25.0 Å². The maximum atomic E-state index is 11.7. The summed E-state index contributed by atoms with van der Waals surface area (Å²) >= 11 is 0. The standard InChI is InChI=1S/C43H79O3/c1-3-5-7-9-11-13-15-17-19-21-23-25-27-29-31-33-37-45-42-36-35-41(40-44)43(39-42)46-38-34-32-30-28-26-24-22-20-18-16-14-12-10-8-6-4-2/h35-36,39H,3-34,37-38,40H2,1-2H3. The topological polar surface area (TPSA) is 38.4 Å². The molecule has 1 aromatic rings. The number of ether oxygens (including phenoxy) is 2. The fraction of sp³-hybridized carbons (Fsp3) is 0.860. The third kappa shape index (κ3) is 27.9. The zero-order valence-electron chi connectivity index (χ0n) is 31.2. The Hall–Kier alpha value is -1.22. The zero-order valence-corrected chi connectivity index (χ0v) is 31.2. The van der Waals surface area contributed by atoms with Gasteiger partial charge in [0, 0.05) is 11.6 Å². The van der Waals surface area contributed by atoms with Crippen molar-refractivity contribution in [3.05, 3.63) is 23.8 Å². The highest BCUT2D eigenvalue weighted by atomic mass is 16.5. The quantitative estimate of drug-likeness (QED) is 0.0677. The van der Waals surface area contributed by atoms with E-state index in [-0.39, 0.29) is 6.61 Å². The molecule has 1 aromatic carbocycles. The van der Waals surface area contributed by atoms with Gasteiger partial charge in [-0.3, -0.25) is 0 Å². The van der Waals surface area contributed by atoms with Crippen molar-refractivity contribution in [3.8, 4) is 11.5 Å². The molecule has 0 amide bonds. The van der Waals surface area contributed by atoms with Gasteiger partial charge in [-0.1, -0.05) is 206 Å². The second-order valence-electron chi connectivity index (χ2n) is 14.2. The summed E-state index contributed by atoms with van der Waals surface area (Å²) < 4.78 is 12.1. The molecule has 0 unspecified atom stereocenters. The predicted molar refractivity (Wildman–Crippen MR) is 201 cm³/mol. The fourth-order valence-electron chi connectivity index (χ4n) is 6.55. The van der Waals surface area contributed by atoms with Crippen LogP contribution in [0.25, 0.3) is 0 Å². The average molecular weight is 644 g/mol. The first-order valence-electron chi connectivity index (χ1n) is 20.8. The van der Waals surface area contributed by atoms with Crippen molar-refractivity contribution in [1.29, 1.82) is 0 Å². The van der Waals surface area contributed by atoms with Crippen molar-refractivity contribution in [3.63, 3.8) is 0 Å². The Labute approximate surface area is 288 Å². The van der Waals surface area contributed by atoms with Gasteiger partial charge in [0.1, 0.15) is 18.1 Å². The summed E-state index contributed by atoms with van der Waals surface area (Å²) in [6, 6.07) is 5.76. The number of hydrogen-bond donors (Lipinski definition) is 0. The Morgan fingerprint density at radius 3 is 1.02 bits per heavy atom. The molecule has 0 heterocycles. The SMILES string of the molecule is CCCCCCCCCCCCCCCCCCOc1ccc(C[O])c(OCCCCCCCCCCCCCCCCCC)c1. The first kappa shape index (κ1) is 42.8. The summed E-state index contributed by atoms with van der Waals surface area (Å²) in [5.74, 6) is 1.56. The van der Waals surface area contributed by atoms with Crippen LogP contribution >= 0.6 is 0 Å². The van der Waals surface area contributed by atoms with E-state index in [9.17, 15) is 5.11 Å².